The number of nitrogens with two attached hydrogens (primary N) is 1. The molecule has 3 aromatic carbocycles. The summed E-state index contributed by atoms with van der Waals surface area (Å²) >= 11 is 0. The first-order valence-corrected chi connectivity index (χ1v) is 13.4. The number of rotatable bonds is 8. The van der Waals surface area contributed by atoms with Crippen molar-refractivity contribution in [2.24, 2.45) is 5.92 Å². The van der Waals surface area contributed by atoms with Crippen molar-refractivity contribution in [1.82, 2.24) is 14.4 Å². The van der Waals surface area contributed by atoms with Crippen LogP contribution in [0.3, 0.4) is 0 Å². The Hall–Kier alpha value is -4.32. The van der Waals surface area contributed by atoms with Gasteiger partial charge in [0.15, 0.2) is 0 Å². The number of hydrogen-bond donors (Lipinski definition) is 2. The number of fused-ring (bicyclic) bond motifs is 1. The molecule has 2 heterocycles. The zero-order chi connectivity index (χ0) is 25.7. The van der Waals surface area contributed by atoms with E-state index in [0.717, 1.165) is 53.3 Å². The lowest BCUT2D eigenvalue weighted by atomic mass is 9.81. The van der Waals surface area contributed by atoms with Crippen molar-refractivity contribution in [3.05, 3.63) is 109 Å². The molecule has 2 aromatic heterocycles. The Bertz CT molecular complexity index is 1490. The predicted octanol–water partition coefficient (Wildman–Crippen LogP) is 6.94. The second kappa shape index (κ2) is 11.0. The van der Waals surface area contributed by atoms with E-state index in [1.165, 1.54) is 18.5 Å². The highest BCUT2D eigenvalue weighted by Crippen LogP contribution is 2.39. The van der Waals surface area contributed by atoms with Crippen LogP contribution >= 0.6 is 0 Å². The van der Waals surface area contributed by atoms with Gasteiger partial charge in [0.2, 0.25) is 0 Å². The maximum absolute atomic E-state index is 6.42. The summed E-state index contributed by atoms with van der Waals surface area (Å²) in [7, 11) is 0. The highest BCUT2D eigenvalue weighted by Gasteiger charge is 2.27. The predicted molar refractivity (Wildman–Crippen MR) is 153 cm³/mol. The number of nitrogens with one attached hydrogen (secondary N) is 1. The molecule has 6 heteroatoms. The smallest absolute Gasteiger partial charge is 0.150 e. The van der Waals surface area contributed by atoms with Gasteiger partial charge in [0, 0.05) is 36.1 Å². The quantitative estimate of drug-likeness (QED) is 0.240. The summed E-state index contributed by atoms with van der Waals surface area (Å²) < 4.78 is 8.25. The third kappa shape index (κ3) is 5.21. The number of anilines is 2. The fraction of sp³-hybridized carbons (Fsp3) is 0.250. The molecule has 6 nitrogen and oxygen atoms in total. The molecule has 1 fully saturated rings. The molecule has 0 atom stereocenters. The Morgan fingerprint density at radius 2 is 1.66 bits per heavy atom. The molecule has 38 heavy (non-hydrogen) atoms. The lowest BCUT2D eigenvalue weighted by molar-refractivity contribution is 0.306. The van der Waals surface area contributed by atoms with Crippen LogP contribution in [0.5, 0.6) is 5.75 Å². The number of benzene rings is 3. The maximum Gasteiger partial charge on any atom is 0.150 e. The van der Waals surface area contributed by atoms with Crippen molar-refractivity contribution >= 4 is 17.0 Å². The van der Waals surface area contributed by atoms with Gasteiger partial charge in [-0.2, -0.15) is 0 Å². The van der Waals surface area contributed by atoms with E-state index >= 15 is 0 Å². The second-order valence-corrected chi connectivity index (χ2v) is 10.1. The van der Waals surface area contributed by atoms with Crippen molar-refractivity contribution in [2.75, 3.05) is 17.6 Å². The van der Waals surface area contributed by atoms with Crippen molar-refractivity contribution < 1.29 is 4.74 Å². The van der Waals surface area contributed by atoms with Crippen LogP contribution in [0.2, 0.25) is 0 Å². The van der Waals surface area contributed by atoms with Crippen LogP contribution in [0.25, 0.3) is 16.8 Å². The number of nitrogens with zero attached hydrogens (tertiary/aromatic N) is 3. The Balaban J connectivity index is 1.21. The first-order chi connectivity index (χ1) is 18.7. The summed E-state index contributed by atoms with van der Waals surface area (Å²) in [6.45, 7) is 1.53. The molecule has 0 spiro atoms. The van der Waals surface area contributed by atoms with E-state index < -0.39 is 0 Å². The van der Waals surface area contributed by atoms with E-state index in [4.69, 9.17) is 15.5 Å². The van der Waals surface area contributed by atoms with Gasteiger partial charge in [-0.1, -0.05) is 60.7 Å². The summed E-state index contributed by atoms with van der Waals surface area (Å²) in [5.74, 6) is 3.44. The molecule has 3 N–H and O–H groups in total. The van der Waals surface area contributed by atoms with Gasteiger partial charge in [0.1, 0.15) is 35.2 Å². The van der Waals surface area contributed by atoms with Crippen LogP contribution in [-0.4, -0.2) is 20.9 Å². The monoisotopic (exact) mass is 503 g/mol. The topological polar surface area (TPSA) is 77.5 Å². The average Bonchev–Trinajstić information content (AvgIpc) is 3.38. The fourth-order valence-corrected chi connectivity index (χ4v) is 5.49. The Kier molecular flexibility index (Phi) is 6.94. The zero-order valence-corrected chi connectivity index (χ0v) is 21.5. The number of nitrogen functional groups attached to an aromatic ring is 1. The Labute approximate surface area is 223 Å². The highest BCUT2D eigenvalue weighted by atomic mass is 16.5. The average molecular weight is 504 g/mol. The number of aromatic nitrogens is 3. The fourth-order valence-electron chi connectivity index (χ4n) is 5.49. The number of imidazole rings is 1. The van der Waals surface area contributed by atoms with Crippen molar-refractivity contribution in [1.29, 1.82) is 0 Å². The molecule has 0 radical (unpaired) electrons. The van der Waals surface area contributed by atoms with Crippen LogP contribution in [0, 0.1) is 5.92 Å². The van der Waals surface area contributed by atoms with Gasteiger partial charge in [-0.3, -0.25) is 4.40 Å². The minimum absolute atomic E-state index is 0.392. The van der Waals surface area contributed by atoms with E-state index in [-0.39, 0.29) is 0 Å². The highest BCUT2D eigenvalue weighted by molar-refractivity contribution is 5.85. The van der Waals surface area contributed by atoms with Crippen LogP contribution < -0.4 is 15.8 Å². The molecule has 6 rings (SSSR count). The molecular weight excluding hydrogens is 470 g/mol. The molecule has 0 bridgehead atoms. The third-order valence-corrected chi connectivity index (χ3v) is 7.55. The van der Waals surface area contributed by atoms with Gasteiger partial charge in [-0.25, -0.2) is 9.97 Å². The molecule has 1 aliphatic carbocycles. The van der Waals surface area contributed by atoms with Crippen molar-refractivity contribution in [3.8, 4) is 17.0 Å². The van der Waals surface area contributed by atoms with Gasteiger partial charge in [0.25, 0.3) is 0 Å². The largest absolute Gasteiger partial charge is 0.489 e. The summed E-state index contributed by atoms with van der Waals surface area (Å²) in [5.41, 5.74) is 11.5. The van der Waals surface area contributed by atoms with Crippen LogP contribution in [0.1, 0.15) is 43.0 Å². The molecule has 192 valence electrons. The molecule has 0 unspecified atom stereocenters. The molecule has 0 saturated heterocycles. The summed E-state index contributed by atoms with van der Waals surface area (Å²) in [6, 6.07) is 28.8. The van der Waals surface area contributed by atoms with Crippen molar-refractivity contribution in [3.63, 3.8) is 0 Å². The third-order valence-electron chi connectivity index (χ3n) is 7.55. The molecular formula is C32H33N5O. The Morgan fingerprint density at radius 1 is 0.895 bits per heavy atom. The van der Waals surface area contributed by atoms with Crippen molar-refractivity contribution in [2.45, 2.75) is 38.2 Å². The minimum atomic E-state index is 0.392. The van der Waals surface area contributed by atoms with E-state index in [2.05, 4.69) is 63.2 Å². The van der Waals surface area contributed by atoms with Gasteiger partial charge in [-0.15, -0.1) is 0 Å². The standard InChI is InChI=1S/C32H33N5O/c33-31-30-29(26-10-7-13-28(20-26)38-22-24-8-3-1-4-9-24)36-32(37(30)19-18-34-31)25-16-14-23(15-17-25)21-35-27-11-5-2-6-12-27/h1-13,18-20,23,25,35H,14-17,21-22H2,(H2,33,34). The molecule has 5 aromatic rings. The summed E-state index contributed by atoms with van der Waals surface area (Å²) in [6.07, 6.45) is 8.35. The Morgan fingerprint density at radius 3 is 2.45 bits per heavy atom. The molecule has 1 saturated carbocycles. The van der Waals surface area contributed by atoms with Gasteiger partial charge < -0.3 is 15.8 Å². The van der Waals surface area contributed by atoms with Crippen LogP contribution in [0.4, 0.5) is 11.5 Å². The molecule has 0 amide bonds. The SMILES string of the molecule is Nc1nccn2c(C3CCC(CNc4ccccc4)CC3)nc(-c3cccc(OCc4ccccc4)c3)c12. The maximum atomic E-state index is 6.42. The second-order valence-electron chi connectivity index (χ2n) is 10.1. The lowest BCUT2D eigenvalue weighted by Crippen LogP contribution is -2.21. The van der Waals surface area contributed by atoms with Crippen LogP contribution in [-0.2, 0) is 6.61 Å². The van der Waals surface area contributed by atoms with E-state index in [9.17, 15) is 0 Å². The zero-order valence-electron chi connectivity index (χ0n) is 21.5. The number of ether oxygens (including phenoxy) is 1. The van der Waals surface area contributed by atoms with E-state index in [0.29, 0.717) is 24.3 Å². The number of para-hydroxylation sites is 1. The van der Waals surface area contributed by atoms with Crippen LogP contribution in [0.15, 0.2) is 97.3 Å². The summed E-state index contributed by atoms with van der Waals surface area (Å²) in [4.78, 5) is 9.59. The van der Waals surface area contributed by atoms with Gasteiger partial charge >= 0.3 is 0 Å². The first kappa shape index (κ1) is 24.0. The minimum Gasteiger partial charge on any atom is -0.489 e. The van der Waals surface area contributed by atoms with E-state index in [1.807, 2.05) is 42.6 Å². The molecule has 1 aliphatic rings. The molecule has 0 aliphatic heterocycles. The first-order valence-electron chi connectivity index (χ1n) is 13.4. The normalized spacial score (nSPS) is 17.4. The van der Waals surface area contributed by atoms with Gasteiger partial charge in [0.05, 0.1) is 0 Å². The number of hydrogen-bond acceptors (Lipinski definition) is 5. The van der Waals surface area contributed by atoms with E-state index in [1.54, 1.807) is 6.20 Å². The van der Waals surface area contributed by atoms with Gasteiger partial charge in [-0.05, 0) is 61.4 Å². The lowest BCUT2D eigenvalue weighted by Gasteiger charge is -2.28. The summed E-state index contributed by atoms with van der Waals surface area (Å²) in [5, 5.41) is 3.60.